The molecule has 180 valence electrons. The second kappa shape index (κ2) is 8.72. The van der Waals surface area contributed by atoms with Crippen molar-refractivity contribution in [3.05, 3.63) is 150 Å². The molecule has 7 rings (SSSR count). The van der Waals surface area contributed by atoms with Gasteiger partial charge in [-0.25, -0.2) is 0 Å². The Kier molecular flexibility index (Phi) is 5.31. The third-order valence-electron chi connectivity index (χ3n) is 8.70. The molecule has 0 saturated heterocycles. The van der Waals surface area contributed by atoms with Gasteiger partial charge >= 0.3 is 0 Å². The fourth-order valence-corrected chi connectivity index (χ4v) is 11.9. The van der Waals surface area contributed by atoms with E-state index in [2.05, 4.69) is 127 Å². The Bertz CT molecular complexity index is 1480. The van der Waals surface area contributed by atoms with Gasteiger partial charge in [-0.1, -0.05) is 78.9 Å². The van der Waals surface area contributed by atoms with Gasteiger partial charge in [0.25, 0.3) is 0 Å². The molecule has 0 aromatic heterocycles. The summed E-state index contributed by atoms with van der Waals surface area (Å²) < 4.78 is 0. The Morgan fingerprint density at radius 2 is 0.946 bits per heavy atom. The van der Waals surface area contributed by atoms with Crippen molar-refractivity contribution in [2.24, 2.45) is 0 Å². The van der Waals surface area contributed by atoms with Gasteiger partial charge in [-0.05, 0) is 90.9 Å². The van der Waals surface area contributed by atoms with Crippen LogP contribution in [-0.4, -0.2) is 0 Å². The molecule has 2 aliphatic carbocycles. The number of anilines is 1. The molecule has 0 bridgehead atoms. The lowest BCUT2D eigenvalue weighted by Crippen LogP contribution is -2.42. The standard InChI is InChI=1S/C35H31NP/c36-31-20-10-12-26-22-24-35(33(26)31)25-23-27-13-11-21-32(34(27)35)37(28-14-4-1-5-15-28,29-16-6-2-7-17-29)30-18-8-3-9-19-30/h1-21H,22-25,36H2/q+1/t35-/m1/s1. The largest absolute Gasteiger partial charge is 0.398 e. The van der Waals surface area contributed by atoms with Crippen LogP contribution in [0, 0.1) is 0 Å². The second-order valence-electron chi connectivity index (χ2n) is 10.5. The SMILES string of the molecule is Nc1cccc2c1[C@@]1(CC2)CCc2cccc([P+](c3ccccc3)(c3ccccc3)c3ccccc3)c21. The average Bonchev–Trinajstić information content (AvgIpc) is 3.54. The van der Waals surface area contributed by atoms with Crippen LogP contribution >= 0.6 is 7.26 Å². The first-order chi connectivity index (χ1) is 18.2. The Morgan fingerprint density at radius 1 is 0.486 bits per heavy atom. The first kappa shape index (κ1) is 22.5. The molecule has 0 heterocycles. The van der Waals surface area contributed by atoms with Gasteiger partial charge < -0.3 is 5.73 Å². The minimum atomic E-state index is -2.19. The van der Waals surface area contributed by atoms with Crippen LogP contribution in [-0.2, 0) is 18.3 Å². The molecule has 0 fully saturated rings. The number of nitrogen functional groups attached to an aromatic ring is 1. The zero-order valence-electron chi connectivity index (χ0n) is 21.0. The minimum absolute atomic E-state index is 0.0177. The van der Waals surface area contributed by atoms with E-state index in [-0.39, 0.29) is 5.41 Å². The Labute approximate surface area is 220 Å². The number of hydrogen-bond acceptors (Lipinski definition) is 1. The molecule has 0 aliphatic heterocycles. The molecule has 5 aromatic carbocycles. The quantitative estimate of drug-likeness (QED) is 0.237. The fourth-order valence-electron chi connectivity index (χ4n) is 7.30. The first-order valence-corrected chi connectivity index (χ1v) is 15.1. The molecule has 0 amide bonds. The summed E-state index contributed by atoms with van der Waals surface area (Å²) in [5.41, 5.74) is 13.6. The van der Waals surface area contributed by atoms with Crippen LogP contribution in [0.15, 0.2) is 127 Å². The van der Waals surface area contributed by atoms with Crippen molar-refractivity contribution in [1.82, 2.24) is 0 Å². The zero-order chi connectivity index (χ0) is 24.9. The van der Waals surface area contributed by atoms with Crippen molar-refractivity contribution < 1.29 is 0 Å². The Hall–Kier alpha value is -3.67. The molecule has 0 saturated carbocycles. The van der Waals surface area contributed by atoms with E-state index in [9.17, 15) is 0 Å². The highest BCUT2D eigenvalue weighted by atomic mass is 31.2. The molecule has 1 spiro atoms. The molecule has 2 heteroatoms. The predicted octanol–water partition coefficient (Wildman–Crippen LogP) is 6.07. The molecule has 2 aliphatic rings. The van der Waals surface area contributed by atoms with E-state index < -0.39 is 7.26 Å². The Morgan fingerprint density at radius 3 is 1.46 bits per heavy atom. The van der Waals surface area contributed by atoms with Crippen LogP contribution < -0.4 is 27.0 Å². The smallest absolute Gasteiger partial charge is 0.144 e. The lowest BCUT2D eigenvalue weighted by Gasteiger charge is -2.34. The summed E-state index contributed by atoms with van der Waals surface area (Å²) in [4.78, 5) is 0. The van der Waals surface area contributed by atoms with Crippen LogP contribution in [0.4, 0.5) is 5.69 Å². The van der Waals surface area contributed by atoms with Gasteiger partial charge in [0, 0.05) is 16.7 Å². The lowest BCUT2D eigenvalue weighted by molar-refractivity contribution is 0.511. The molecular weight excluding hydrogens is 465 g/mol. The van der Waals surface area contributed by atoms with Crippen molar-refractivity contribution in [3.8, 4) is 0 Å². The van der Waals surface area contributed by atoms with Crippen LogP contribution in [0.1, 0.15) is 35.1 Å². The van der Waals surface area contributed by atoms with E-state index >= 15 is 0 Å². The summed E-state index contributed by atoms with van der Waals surface area (Å²) in [6.45, 7) is 0. The van der Waals surface area contributed by atoms with E-state index in [1.807, 2.05) is 0 Å². The molecule has 5 aromatic rings. The molecule has 1 nitrogen and oxygen atoms in total. The molecule has 0 radical (unpaired) electrons. The molecule has 2 N–H and O–H groups in total. The maximum absolute atomic E-state index is 6.79. The normalized spacial score (nSPS) is 18.1. The maximum atomic E-state index is 6.79. The molecule has 1 atom stereocenters. The topological polar surface area (TPSA) is 26.0 Å². The van der Waals surface area contributed by atoms with Gasteiger partial charge in [-0.15, -0.1) is 0 Å². The molecule has 37 heavy (non-hydrogen) atoms. The van der Waals surface area contributed by atoms with Crippen LogP contribution in [0.3, 0.4) is 0 Å². The van der Waals surface area contributed by atoms with Gasteiger partial charge in [0.2, 0.25) is 0 Å². The van der Waals surface area contributed by atoms with Crippen molar-refractivity contribution in [2.75, 3.05) is 5.73 Å². The highest BCUT2D eigenvalue weighted by Gasteiger charge is 2.55. The van der Waals surface area contributed by atoms with Gasteiger partial charge in [0.15, 0.2) is 0 Å². The Balaban J connectivity index is 1.63. The summed E-state index contributed by atoms with van der Waals surface area (Å²) in [6, 6.07) is 47.4. The average molecular weight is 497 g/mol. The second-order valence-corrected chi connectivity index (χ2v) is 13.8. The van der Waals surface area contributed by atoms with Crippen molar-refractivity contribution in [1.29, 1.82) is 0 Å². The summed E-state index contributed by atoms with van der Waals surface area (Å²) in [6.07, 6.45) is 4.48. The number of nitrogens with two attached hydrogens (primary N) is 1. The van der Waals surface area contributed by atoms with E-state index in [1.54, 1.807) is 5.56 Å². The van der Waals surface area contributed by atoms with Gasteiger partial charge in [-0.2, -0.15) is 0 Å². The van der Waals surface area contributed by atoms with Gasteiger partial charge in [0.05, 0.1) is 0 Å². The van der Waals surface area contributed by atoms with E-state index in [4.69, 9.17) is 5.73 Å². The van der Waals surface area contributed by atoms with Crippen LogP contribution in [0.2, 0.25) is 0 Å². The highest BCUT2D eigenvalue weighted by molar-refractivity contribution is 8.01. The van der Waals surface area contributed by atoms with E-state index in [0.717, 1.165) is 31.4 Å². The predicted molar refractivity (Wildman–Crippen MR) is 160 cm³/mol. The monoisotopic (exact) mass is 496 g/mol. The number of fused-ring (bicyclic) bond motifs is 4. The van der Waals surface area contributed by atoms with E-state index in [1.165, 1.54) is 37.9 Å². The van der Waals surface area contributed by atoms with Crippen molar-refractivity contribution in [2.45, 2.75) is 31.1 Å². The number of hydrogen-bond donors (Lipinski definition) is 1. The first-order valence-electron chi connectivity index (χ1n) is 13.3. The number of aryl methyl sites for hydroxylation is 2. The van der Waals surface area contributed by atoms with Crippen molar-refractivity contribution in [3.63, 3.8) is 0 Å². The molecule has 0 unspecified atom stereocenters. The summed E-state index contributed by atoms with van der Waals surface area (Å²) in [5, 5.41) is 5.72. The summed E-state index contributed by atoms with van der Waals surface area (Å²) in [7, 11) is -2.19. The van der Waals surface area contributed by atoms with Crippen LogP contribution in [0.25, 0.3) is 0 Å². The lowest BCUT2D eigenvalue weighted by atomic mass is 9.76. The van der Waals surface area contributed by atoms with Crippen molar-refractivity contribution >= 4 is 34.2 Å². The fraction of sp³-hybridized carbons (Fsp3) is 0.143. The highest BCUT2D eigenvalue weighted by Crippen LogP contribution is 2.61. The van der Waals surface area contributed by atoms with Gasteiger partial charge in [0.1, 0.15) is 28.5 Å². The number of benzene rings is 5. The van der Waals surface area contributed by atoms with Gasteiger partial charge in [-0.3, -0.25) is 0 Å². The third kappa shape index (κ3) is 3.20. The minimum Gasteiger partial charge on any atom is -0.398 e. The third-order valence-corrected chi connectivity index (χ3v) is 13.0. The number of rotatable bonds is 4. The summed E-state index contributed by atoms with van der Waals surface area (Å²) in [5.74, 6) is 0. The van der Waals surface area contributed by atoms with E-state index in [0.29, 0.717) is 0 Å². The maximum Gasteiger partial charge on any atom is 0.144 e. The van der Waals surface area contributed by atoms with Crippen LogP contribution in [0.5, 0.6) is 0 Å². The summed E-state index contributed by atoms with van der Waals surface area (Å²) >= 11 is 0. The zero-order valence-corrected chi connectivity index (χ0v) is 21.9. The molecular formula is C35H31NP+.